The lowest BCUT2D eigenvalue weighted by Gasteiger charge is -2.26. The minimum Gasteiger partial charge on any atom is -0.389 e. The Balaban J connectivity index is 2.68. The molecule has 0 saturated carbocycles. The van der Waals surface area contributed by atoms with Crippen molar-refractivity contribution in [2.45, 2.75) is 66.9 Å². The third-order valence-electron chi connectivity index (χ3n) is 3.15. The maximum Gasteiger partial charge on any atom is 0.147 e. The second-order valence-electron chi connectivity index (χ2n) is 7.36. The van der Waals surface area contributed by atoms with Crippen LogP contribution in [0.2, 0.25) is 0 Å². The molecule has 3 heteroatoms. The molecule has 1 rings (SSSR count). The van der Waals surface area contributed by atoms with E-state index in [4.69, 9.17) is 4.84 Å². The average Bonchev–Trinajstić information content (AvgIpc) is 2.45. The summed E-state index contributed by atoms with van der Waals surface area (Å²) in [5.41, 5.74) is 0.300. The first-order valence-corrected chi connectivity index (χ1v) is 6.23. The quantitative estimate of drug-likeness (QED) is 0.739. The van der Waals surface area contributed by atoms with Crippen molar-refractivity contribution < 1.29 is 9.63 Å². The molecule has 0 spiro atoms. The molecule has 1 heterocycles. The minimum atomic E-state index is -0.451. The molecule has 98 valence electrons. The molecule has 0 aliphatic carbocycles. The van der Waals surface area contributed by atoms with Crippen LogP contribution in [0.4, 0.5) is 0 Å². The number of carbonyl (C=O) groups excluding carboxylic acids is 1. The third kappa shape index (κ3) is 3.55. The summed E-state index contributed by atoms with van der Waals surface area (Å²) < 4.78 is 0. The van der Waals surface area contributed by atoms with Crippen LogP contribution in [-0.2, 0) is 9.63 Å². The van der Waals surface area contributed by atoms with Crippen LogP contribution in [0, 0.1) is 10.8 Å². The Morgan fingerprint density at radius 1 is 1.29 bits per heavy atom. The number of hydrogen-bond donors (Lipinski definition) is 0. The molecule has 1 atom stereocenters. The molecular weight excluding hydrogens is 214 g/mol. The van der Waals surface area contributed by atoms with Crippen LogP contribution in [0.5, 0.6) is 0 Å². The van der Waals surface area contributed by atoms with E-state index in [2.05, 4.69) is 25.9 Å². The van der Waals surface area contributed by atoms with Crippen molar-refractivity contribution in [1.29, 1.82) is 0 Å². The first kappa shape index (κ1) is 14.2. The van der Waals surface area contributed by atoms with Gasteiger partial charge >= 0.3 is 0 Å². The monoisotopic (exact) mass is 239 g/mol. The summed E-state index contributed by atoms with van der Waals surface area (Å²) in [5.74, 6) is 0.227. The minimum absolute atomic E-state index is 0.0164. The van der Waals surface area contributed by atoms with Gasteiger partial charge in [0.2, 0.25) is 0 Å². The molecular formula is C14H25NO2. The zero-order valence-corrected chi connectivity index (χ0v) is 12.2. The summed E-state index contributed by atoms with van der Waals surface area (Å²) in [7, 11) is 0. The highest BCUT2D eigenvalue weighted by molar-refractivity contribution is 5.92. The fourth-order valence-corrected chi connectivity index (χ4v) is 1.69. The van der Waals surface area contributed by atoms with Gasteiger partial charge in [-0.2, -0.15) is 0 Å². The van der Waals surface area contributed by atoms with Gasteiger partial charge in [0.1, 0.15) is 11.4 Å². The van der Waals surface area contributed by atoms with E-state index in [0.29, 0.717) is 6.42 Å². The predicted molar refractivity (Wildman–Crippen MR) is 70.1 cm³/mol. The molecule has 1 unspecified atom stereocenters. The van der Waals surface area contributed by atoms with E-state index >= 15 is 0 Å². The number of oxime groups is 1. The summed E-state index contributed by atoms with van der Waals surface area (Å²) in [6.45, 7) is 14.2. The van der Waals surface area contributed by atoms with Gasteiger partial charge in [-0.3, -0.25) is 4.79 Å². The van der Waals surface area contributed by atoms with Gasteiger partial charge in [-0.25, -0.2) is 0 Å². The number of nitrogens with zero attached hydrogens (tertiary/aromatic N) is 1. The smallest absolute Gasteiger partial charge is 0.147 e. The first-order chi connectivity index (χ1) is 7.44. The highest BCUT2D eigenvalue weighted by Crippen LogP contribution is 2.35. The standard InChI is InChI=1S/C14H25NO2/c1-12(2,3)10-8-14(7,17-15-10)9-11(16)13(4,5)6/h8-9H2,1-7H3. The van der Waals surface area contributed by atoms with E-state index in [1.165, 1.54) is 0 Å². The Labute approximate surface area is 105 Å². The molecule has 0 bridgehead atoms. The Kier molecular flexibility index (Phi) is 3.43. The van der Waals surface area contributed by atoms with Gasteiger partial charge in [0.15, 0.2) is 0 Å². The topological polar surface area (TPSA) is 38.7 Å². The van der Waals surface area contributed by atoms with Crippen LogP contribution in [0.1, 0.15) is 61.3 Å². The second-order valence-corrected chi connectivity index (χ2v) is 7.36. The van der Waals surface area contributed by atoms with Crippen molar-refractivity contribution in [1.82, 2.24) is 0 Å². The maximum absolute atomic E-state index is 12.1. The summed E-state index contributed by atoms with van der Waals surface area (Å²) in [6, 6.07) is 0. The number of Topliss-reactive ketones (excluding diaryl/α,β-unsaturated/α-hetero) is 1. The van der Waals surface area contributed by atoms with Crippen LogP contribution < -0.4 is 0 Å². The van der Waals surface area contributed by atoms with Crippen molar-refractivity contribution in [2.75, 3.05) is 0 Å². The summed E-state index contributed by atoms with van der Waals surface area (Å²) in [6.07, 6.45) is 1.18. The van der Waals surface area contributed by atoms with E-state index in [9.17, 15) is 4.79 Å². The molecule has 0 N–H and O–H groups in total. The van der Waals surface area contributed by atoms with Crippen LogP contribution in [-0.4, -0.2) is 17.1 Å². The summed E-state index contributed by atoms with van der Waals surface area (Å²) in [4.78, 5) is 17.6. The highest BCUT2D eigenvalue weighted by atomic mass is 16.7. The van der Waals surface area contributed by atoms with E-state index < -0.39 is 5.60 Å². The molecule has 0 radical (unpaired) electrons. The van der Waals surface area contributed by atoms with Gasteiger partial charge in [-0.15, -0.1) is 0 Å². The van der Waals surface area contributed by atoms with Gasteiger partial charge in [0, 0.05) is 23.7 Å². The normalized spacial score (nSPS) is 25.5. The Bertz CT molecular complexity index is 344. The van der Waals surface area contributed by atoms with Crippen molar-refractivity contribution >= 4 is 11.5 Å². The van der Waals surface area contributed by atoms with E-state index in [1.807, 2.05) is 27.7 Å². The van der Waals surface area contributed by atoms with Crippen LogP contribution >= 0.6 is 0 Å². The Morgan fingerprint density at radius 3 is 2.18 bits per heavy atom. The van der Waals surface area contributed by atoms with Crippen molar-refractivity contribution in [3.8, 4) is 0 Å². The van der Waals surface area contributed by atoms with Gasteiger partial charge < -0.3 is 4.84 Å². The van der Waals surface area contributed by atoms with Crippen molar-refractivity contribution in [2.24, 2.45) is 16.0 Å². The predicted octanol–water partition coefficient (Wildman–Crippen LogP) is 3.57. The number of rotatable bonds is 2. The summed E-state index contributed by atoms with van der Waals surface area (Å²) in [5, 5.41) is 4.16. The maximum atomic E-state index is 12.1. The zero-order valence-electron chi connectivity index (χ0n) is 12.2. The molecule has 0 aromatic carbocycles. The fourth-order valence-electron chi connectivity index (χ4n) is 1.69. The lowest BCUT2D eigenvalue weighted by atomic mass is 9.79. The molecule has 0 aromatic rings. The largest absolute Gasteiger partial charge is 0.389 e. The zero-order chi connectivity index (χ0) is 13.5. The average molecular weight is 239 g/mol. The molecule has 0 aromatic heterocycles. The lowest BCUT2D eigenvalue weighted by Crippen LogP contribution is -2.34. The number of ketones is 1. The second kappa shape index (κ2) is 4.11. The lowest BCUT2D eigenvalue weighted by molar-refractivity contribution is -0.132. The number of hydrogen-bond acceptors (Lipinski definition) is 3. The highest BCUT2D eigenvalue weighted by Gasteiger charge is 2.41. The molecule has 0 fully saturated rings. The van der Waals surface area contributed by atoms with Gasteiger partial charge in [0.05, 0.1) is 5.71 Å². The van der Waals surface area contributed by atoms with Crippen molar-refractivity contribution in [3.05, 3.63) is 0 Å². The van der Waals surface area contributed by atoms with Crippen LogP contribution in [0.3, 0.4) is 0 Å². The number of carbonyl (C=O) groups is 1. The van der Waals surface area contributed by atoms with E-state index in [1.54, 1.807) is 0 Å². The Hall–Kier alpha value is -0.860. The third-order valence-corrected chi connectivity index (χ3v) is 3.15. The van der Waals surface area contributed by atoms with E-state index in [-0.39, 0.29) is 16.6 Å². The van der Waals surface area contributed by atoms with Gasteiger partial charge in [-0.1, -0.05) is 46.7 Å². The molecule has 0 saturated heterocycles. The van der Waals surface area contributed by atoms with Gasteiger partial charge in [-0.05, 0) is 6.92 Å². The molecule has 3 nitrogen and oxygen atoms in total. The van der Waals surface area contributed by atoms with Crippen molar-refractivity contribution in [3.63, 3.8) is 0 Å². The van der Waals surface area contributed by atoms with E-state index in [0.717, 1.165) is 12.1 Å². The summed E-state index contributed by atoms with van der Waals surface area (Å²) >= 11 is 0. The molecule has 1 aliphatic rings. The SMILES string of the molecule is CC1(CC(=O)C(C)(C)C)CC(C(C)(C)C)=NO1. The first-order valence-electron chi connectivity index (χ1n) is 6.23. The molecule has 17 heavy (non-hydrogen) atoms. The molecule has 1 aliphatic heterocycles. The van der Waals surface area contributed by atoms with Crippen LogP contribution in [0.15, 0.2) is 5.16 Å². The van der Waals surface area contributed by atoms with Gasteiger partial charge in [0.25, 0.3) is 0 Å². The fraction of sp³-hybridized carbons (Fsp3) is 0.857. The Morgan fingerprint density at radius 2 is 1.82 bits per heavy atom. The van der Waals surface area contributed by atoms with Crippen LogP contribution in [0.25, 0.3) is 0 Å². The molecule has 0 amide bonds.